The first kappa shape index (κ1) is 21.5. The number of rotatable bonds is 4. The minimum atomic E-state index is -0.596. The molecule has 2 aliphatic heterocycles. The number of phenols is 1. The number of fused-ring (bicyclic) bond motifs is 5. The van der Waals surface area contributed by atoms with Gasteiger partial charge in [-0.25, -0.2) is 4.79 Å². The van der Waals surface area contributed by atoms with Gasteiger partial charge in [0.2, 0.25) is 0 Å². The molecule has 2 bridgehead atoms. The molecular weight excluding hydrogens is 424 g/mol. The summed E-state index contributed by atoms with van der Waals surface area (Å²) in [5.41, 5.74) is 2.32. The highest BCUT2D eigenvalue weighted by Gasteiger charge is 2.35. The molecule has 0 amide bonds. The Morgan fingerprint density at radius 3 is 2.76 bits per heavy atom. The van der Waals surface area contributed by atoms with Gasteiger partial charge in [-0.2, -0.15) is 0 Å². The Bertz CT molecular complexity index is 1370. The number of methoxy groups -OCH3 is 1. The molecule has 0 saturated carbocycles. The number of hydrogen-bond acceptors (Lipinski definition) is 7. The molecule has 2 aliphatic rings. The number of aromatic nitrogens is 1. The van der Waals surface area contributed by atoms with Crippen LogP contribution in [0.3, 0.4) is 0 Å². The lowest BCUT2D eigenvalue weighted by atomic mass is 9.83. The molecule has 1 fully saturated rings. The van der Waals surface area contributed by atoms with Gasteiger partial charge in [-0.05, 0) is 43.0 Å². The van der Waals surface area contributed by atoms with Crippen LogP contribution in [0.25, 0.3) is 11.0 Å². The lowest BCUT2D eigenvalue weighted by Gasteiger charge is -2.42. The van der Waals surface area contributed by atoms with Gasteiger partial charge in [0.15, 0.2) is 0 Å². The van der Waals surface area contributed by atoms with Gasteiger partial charge in [-0.3, -0.25) is 14.5 Å². The summed E-state index contributed by atoms with van der Waals surface area (Å²) in [4.78, 5) is 39.0. The number of aryl methyl sites for hydroxylation is 1. The first-order valence-electron chi connectivity index (χ1n) is 11.1. The summed E-state index contributed by atoms with van der Waals surface area (Å²) in [6, 6.07) is 8.75. The predicted molar refractivity (Wildman–Crippen MR) is 121 cm³/mol. The number of pyridine rings is 1. The van der Waals surface area contributed by atoms with Crippen LogP contribution in [-0.2, 0) is 29.0 Å². The minimum absolute atomic E-state index is 0.0438. The molecule has 0 unspecified atom stereocenters. The van der Waals surface area contributed by atoms with Crippen molar-refractivity contribution in [3.8, 4) is 5.75 Å². The molecule has 1 saturated heterocycles. The summed E-state index contributed by atoms with van der Waals surface area (Å²) in [7, 11) is 1.28. The van der Waals surface area contributed by atoms with Crippen LogP contribution in [0.1, 0.15) is 34.7 Å². The highest BCUT2D eigenvalue weighted by atomic mass is 16.5. The number of carbonyl (C=O) groups is 1. The van der Waals surface area contributed by atoms with Gasteiger partial charge in [0.05, 0.1) is 24.7 Å². The van der Waals surface area contributed by atoms with Crippen molar-refractivity contribution in [2.45, 2.75) is 38.8 Å². The number of ether oxygens (including phenoxy) is 1. The molecule has 0 aliphatic carbocycles. The van der Waals surface area contributed by atoms with E-state index in [1.807, 2.05) is 16.7 Å². The highest BCUT2D eigenvalue weighted by molar-refractivity contribution is 5.87. The third-order valence-corrected chi connectivity index (χ3v) is 7.02. The van der Waals surface area contributed by atoms with Crippen LogP contribution in [0.15, 0.2) is 44.3 Å². The Kier molecular flexibility index (Phi) is 5.32. The fraction of sp³-hybridized carbons (Fsp3) is 0.400. The van der Waals surface area contributed by atoms with Crippen molar-refractivity contribution in [3.63, 3.8) is 0 Å². The molecule has 8 heteroatoms. The van der Waals surface area contributed by atoms with Crippen molar-refractivity contribution in [2.75, 3.05) is 20.2 Å². The van der Waals surface area contributed by atoms with Gasteiger partial charge in [0.1, 0.15) is 11.3 Å². The van der Waals surface area contributed by atoms with E-state index in [0.29, 0.717) is 41.1 Å². The van der Waals surface area contributed by atoms with Crippen molar-refractivity contribution in [1.82, 2.24) is 9.47 Å². The summed E-state index contributed by atoms with van der Waals surface area (Å²) < 4.78 is 12.2. The van der Waals surface area contributed by atoms with E-state index >= 15 is 0 Å². The van der Waals surface area contributed by atoms with E-state index in [1.54, 1.807) is 25.1 Å². The van der Waals surface area contributed by atoms with Crippen molar-refractivity contribution >= 4 is 16.9 Å². The minimum Gasteiger partial charge on any atom is -0.507 e. The Balaban J connectivity index is 1.50. The fourth-order valence-electron chi connectivity index (χ4n) is 5.42. The molecule has 5 rings (SSSR count). The van der Waals surface area contributed by atoms with Gasteiger partial charge in [0, 0.05) is 49.2 Å². The summed E-state index contributed by atoms with van der Waals surface area (Å²) in [6.07, 6.45) is 0.873. The molecule has 1 aromatic carbocycles. The number of carbonyl (C=O) groups excluding carboxylic acids is 1. The maximum atomic E-state index is 12.7. The standard InChI is InChI=1S/C25H26N2O6/c1-14-17-6-7-21(28)19(24(17)33-25(31)18(14)9-23(30)32-2)13-26-10-15-8-16(12-26)20-4-3-5-22(29)27(20)11-15/h3-7,15-16,28H,8-13H2,1-2H3/t15-,16+/m1/s1. The zero-order chi connectivity index (χ0) is 23.3. The molecule has 4 heterocycles. The molecule has 0 spiro atoms. The van der Waals surface area contributed by atoms with E-state index < -0.39 is 11.6 Å². The van der Waals surface area contributed by atoms with Crippen LogP contribution in [-0.4, -0.2) is 40.7 Å². The van der Waals surface area contributed by atoms with Crippen LogP contribution in [0.5, 0.6) is 5.75 Å². The molecule has 33 heavy (non-hydrogen) atoms. The first-order valence-corrected chi connectivity index (χ1v) is 11.1. The summed E-state index contributed by atoms with van der Waals surface area (Å²) in [5.74, 6) is 0.138. The molecular formula is C25H26N2O6. The Morgan fingerprint density at radius 1 is 1.15 bits per heavy atom. The summed E-state index contributed by atoms with van der Waals surface area (Å²) in [5, 5.41) is 11.4. The van der Waals surface area contributed by atoms with Gasteiger partial charge < -0.3 is 18.8 Å². The molecule has 8 nitrogen and oxygen atoms in total. The third-order valence-electron chi connectivity index (χ3n) is 7.02. The number of hydrogen-bond donors (Lipinski definition) is 1. The normalized spacial score (nSPS) is 19.9. The molecule has 3 aromatic rings. The van der Waals surface area contributed by atoms with E-state index in [4.69, 9.17) is 9.15 Å². The summed E-state index contributed by atoms with van der Waals surface area (Å²) in [6.45, 7) is 4.43. The number of benzene rings is 1. The van der Waals surface area contributed by atoms with E-state index in [2.05, 4.69) is 4.90 Å². The number of likely N-dealkylation sites (tertiary alicyclic amines) is 1. The Labute approximate surface area is 190 Å². The number of phenolic OH excluding ortho intramolecular Hbond substituents is 1. The van der Waals surface area contributed by atoms with Crippen molar-refractivity contribution in [3.05, 3.63) is 73.5 Å². The smallest absolute Gasteiger partial charge is 0.340 e. The van der Waals surface area contributed by atoms with E-state index in [1.165, 1.54) is 7.11 Å². The molecule has 0 radical (unpaired) electrons. The number of piperidine rings is 1. The highest BCUT2D eigenvalue weighted by Crippen LogP contribution is 2.37. The van der Waals surface area contributed by atoms with Crippen molar-refractivity contribution in [2.24, 2.45) is 5.92 Å². The number of aromatic hydroxyl groups is 1. The van der Waals surface area contributed by atoms with Gasteiger partial charge in [0.25, 0.3) is 5.56 Å². The Morgan fingerprint density at radius 2 is 1.97 bits per heavy atom. The van der Waals surface area contributed by atoms with Crippen LogP contribution >= 0.6 is 0 Å². The zero-order valence-electron chi connectivity index (χ0n) is 18.7. The second-order valence-corrected chi connectivity index (χ2v) is 9.08. The quantitative estimate of drug-likeness (QED) is 0.481. The molecule has 1 N–H and O–H groups in total. The summed E-state index contributed by atoms with van der Waals surface area (Å²) >= 11 is 0. The van der Waals surface area contributed by atoms with Crippen LogP contribution in [0.2, 0.25) is 0 Å². The monoisotopic (exact) mass is 450 g/mol. The maximum Gasteiger partial charge on any atom is 0.340 e. The van der Waals surface area contributed by atoms with Crippen molar-refractivity contribution < 1.29 is 19.1 Å². The van der Waals surface area contributed by atoms with Crippen LogP contribution in [0.4, 0.5) is 0 Å². The number of esters is 1. The van der Waals surface area contributed by atoms with Crippen molar-refractivity contribution in [1.29, 1.82) is 0 Å². The Hall–Kier alpha value is -3.39. The average Bonchev–Trinajstić information content (AvgIpc) is 2.79. The fourth-order valence-corrected chi connectivity index (χ4v) is 5.42. The second-order valence-electron chi connectivity index (χ2n) is 9.08. The predicted octanol–water partition coefficient (Wildman–Crippen LogP) is 2.30. The lowest BCUT2D eigenvalue weighted by molar-refractivity contribution is -0.139. The number of nitrogens with zero attached hydrogens (tertiary/aromatic N) is 2. The van der Waals surface area contributed by atoms with Gasteiger partial charge in [-0.1, -0.05) is 6.07 Å². The zero-order valence-corrected chi connectivity index (χ0v) is 18.7. The van der Waals surface area contributed by atoms with Gasteiger partial charge >= 0.3 is 11.6 Å². The molecule has 2 aromatic heterocycles. The van der Waals surface area contributed by atoms with E-state index in [9.17, 15) is 19.5 Å². The molecule has 2 atom stereocenters. The van der Waals surface area contributed by atoms with Crippen LogP contribution in [0, 0.1) is 12.8 Å². The van der Waals surface area contributed by atoms with E-state index in [-0.39, 0.29) is 29.2 Å². The largest absolute Gasteiger partial charge is 0.507 e. The molecule has 172 valence electrons. The maximum absolute atomic E-state index is 12.7. The lowest BCUT2D eigenvalue weighted by Crippen LogP contribution is -2.46. The van der Waals surface area contributed by atoms with E-state index in [0.717, 1.165) is 25.2 Å². The van der Waals surface area contributed by atoms with Gasteiger partial charge in [-0.15, -0.1) is 0 Å². The second kappa shape index (κ2) is 8.19. The third kappa shape index (κ3) is 3.74. The first-order chi connectivity index (χ1) is 15.9. The SMILES string of the molecule is COC(=O)Cc1c(C)c2ccc(O)c(CN3C[C@H]4C[C@@H](C3)c3cccc(=O)n3C4)c2oc1=O. The average molecular weight is 450 g/mol. The van der Waals surface area contributed by atoms with Crippen LogP contribution < -0.4 is 11.2 Å². The topological polar surface area (TPSA) is 102 Å².